The molecular formula is C15H21BrO2. The third-order valence-corrected chi connectivity index (χ3v) is 4.16. The predicted molar refractivity (Wildman–Crippen MR) is 77.6 cm³/mol. The molecule has 1 heterocycles. The van der Waals surface area contributed by atoms with Crippen LogP contribution in [-0.4, -0.2) is 19.3 Å². The maximum absolute atomic E-state index is 5.71. The predicted octanol–water partition coefficient (Wildman–Crippen LogP) is 4.40. The molecule has 100 valence electrons. The minimum atomic E-state index is 0.307. The molecule has 3 heteroatoms. The zero-order valence-corrected chi connectivity index (χ0v) is 12.7. The van der Waals surface area contributed by atoms with E-state index in [1.54, 1.807) is 0 Å². The summed E-state index contributed by atoms with van der Waals surface area (Å²) in [6, 6.07) is 6.37. The summed E-state index contributed by atoms with van der Waals surface area (Å²) >= 11 is 3.79. The van der Waals surface area contributed by atoms with Crippen LogP contribution in [-0.2, 0) is 4.74 Å². The summed E-state index contributed by atoms with van der Waals surface area (Å²) in [5.41, 5.74) is 2.51. The van der Waals surface area contributed by atoms with E-state index in [0.717, 1.165) is 18.8 Å². The summed E-state index contributed by atoms with van der Waals surface area (Å²) in [6.07, 6.45) is 3.78. The fraction of sp³-hybridized carbons (Fsp3) is 0.600. The van der Waals surface area contributed by atoms with Crippen LogP contribution in [0, 0.1) is 6.92 Å². The number of hydrogen-bond donors (Lipinski definition) is 0. The first-order valence-corrected chi connectivity index (χ1v) is 7.61. The van der Waals surface area contributed by atoms with E-state index in [-0.39, 0.29) is 0 Å². The number of ether oxygens (including phenoxy) is 2. The molecule has 0 bridgehead atoms. The van der Waals surface area contributed by atoms with Crippen LogP contribution in [0.2, 0.25) is 0 Å². The highest BCUT2D eigenvalue weighted by atomic mass is 79.9. The van der Waals surface area contributed by atoms with Crippen LogP contribution in [0.5, 0.6) is 5.75 Å². The summed E-state index contributed by atoms with van der Waals surface area (Å²) < 4.78 is 11.4. The molecule has 0 saturated carbocycles. The second-order valence-electron chi connectivity index (χ2n) is 4.81. The first-order valence-electron chi connectivity index (χ1n) is 6.69. The molecule has 0 N–H and O–H groups in total. The lowest BCUT2D eigenvalue weighted by molar-refractivity contribution is 0.104. The molecule has 0 aliphatic carbocycles. The Hall–Kier alpha value is -0.540. The second kappa shape index (κ2) is 6.58. The van der Waals surface area contributed by atoms with Gasteiger partial charge < -0.3 is 9.47 Å². The topological polar surface area (TPSA) is 18.5 Å². The Balaban J connectivity index is 2.11. The fourth-order valence-corrected chi connectivity index (χ4v) is 3.16. The maximum Gasteiger partial charge on any atom is 0.123 e. The van der Waals surface area contributed by atoms with Gasteiger partial charge in [0.2, 0.25) is 0 Å². The molecule has 1 aliphatic rings. The zero-order chi connectivity index (χ0) is 13.0. The van der Waals surface area contributed by atoms with Gasteiger partial charge >= 0.3 is 0 Å². The molecule has 18 heavy (non-hydrogen) atoms. The largest absolute Gasteiger partial charge is 0.494 e. The van der Waals surface area contributed by atoms with Crippen molar-refractivity contribution in [2.24, 2.45) is 0 Å². The Morgan fingerprint density at radius 1 is 1.50 bits per heavy atom. The van der Waals surface area contributed by atoms with Gasteiger partial charge in [-0.25, -0.2) is 0 Å². The number of rotatable bonds is 5. The van der Waals surface area contributed by atoms with Gasteiger partial charge in [0.15, 0.2) is 0 Å². The van der Waals surface area contributed by atoms with Crippen molar-refractivity contribution in [1.82, 2.24) is 0 Å². The Bertz CT molecular complexity index is 386. The van der Waals surface area contributed by atoms with Gasteiger partial charge in [0.25, 0.3) is 0 Å². The molecule has 1 aliphatic heterocycles. The summed E-state index contributed by atoms with van der Waals surface area (Å²) in [6.45, 7) is 5.75. The van der Waals surface area contributed by atoms with Gasteiger partial charge in [0.1, 0.15) is 5.75 Å². The maximum atomic E-state index is 5.71. The molecule has 1 fully saturated rings. The number of hydrogen-bond acceptors (Lipinski definition) is 2. The van der Waals surface area contributed by atoms with Gasteiger partial charge in [-0.05, 0) is 39.2 Å². The van der Waals surface area contributed by atoms with Crippen LogP contribution in [0.4, 0.5) is 0 Å². The number of aryl methyl sites for hydroxylation is 1. The monoisotopic (exact) mass is 312 g/mol. The van der Waals surface area contributed by atoms with Crippen molar-refractivity contribution in [2.45, 2.75) is 44.0 Å². The van der Waals surface area contributed by atoms with E-state index >= 15 is 0 Å². The quantitative estimate of drug-likeness (QED) is 0.750. The smallest absolute Gasteiger partial charge is 0.123 e. The molecule has 2 nitrogen and oxygen atoms in total. The number of alkyl halides is 1. The standard InChI is InChI=1S/C15H21BrO2/c1-3-17-15-7-6-11(2)9-13(15)14(16)10-12-5-4-8-18-12/h6-7,9,12,14H,3-5,8,10H2,1-2H3. The van der Waals surface area contributed by atoms with Crippen molar-refractivity contribution in [3.05, 3.63) is 29.3 Å². The third kappa shape index (κ3) is 3.48. The van der Waals surface area contributed by atoms with E-state index in [4.69, 9.17) is 9.47 Å². The fourth-order valence-electron chi connectivity index (χ4n) is 2.39. The lowest BCUT2D eigenvalue weighted by Gasteiger charge is -2.18. The Morgan fingerprint density at radius 2 is 2.33 bits per heavy atom. The highest BCUT2D eigenvalue weighted by Crippen LogP contribution is 2.37. The van der Waals surface area contributed by atoms with Crippen molar-refractivity contribution in [1.29, 1.82) is 0 Å². The van der Waals surface area contributed by atoms with Crippen LogP contribution >= 0.6 is 15.9 Å². The average Bonchev–Trinajstić information content (AvgIpc) is 2.84. The Labute approximate surface area is 118 Å². The molecule has 1 aromatic carbocycles. The molecule has 0 amide bonds. The summed E-state index contributed by atoms with van der Waals surface area (Å²) in [5, 5.41) is 0. The van der Waals surface area contributed by atoms with E-state index < -0.39 is 0 Å². The van der Waals surface area contributed by atoms with Gasteiger partial charge in [0.05, 0.1) is 12.7 Å². The van der Waals surface area contributed by atoms with Crippen molar-refractivity contribution < 1.29 is 9.47 Å². The van der Waals surface area contributed by atoms with Crippen molar-refractivity contribution in [2.75, 3.05) is 13.2 Å². The molecule has 2 unspecified atom stereocenters. The molecule has 1 aromatic rings. The molecule has 0 radical (unpaired) electrons. The summed E-state index contributed by atoms with van der Waals surface area (Å²) in [4.78, 5) is 0.307. The lowest BCUT2D eigenvalue weighted by atomic mass is 10.0. The van der Waals surface area contributed by atoms with Crippen LogP contribution in [0.15, 0.2) is 18.2 Å². The highest BCUT2D eigenvalue weighted by molar-refractivity contribution is 9.09. The molecule has 2 atom stereocenters. The van der Waals surface area contributed by atoms with E-state index in [9.17, 15) is 0 Å². The second-order valence-corrected chi connectivity index (χ2v) is 5.92. The van der Waals surface area contributed by atoms with Crippen LogP contribution in [0.3, 0.4) is 0 Å². The normalized spacial score (nSPS) is 20.9. The van der Waals surface area contributed by atoms with Crippen molar-refractivity contribution in [3.8, 4) is 5.75 Å². The van der Waals surface area contributed by atoms with Gasteiger partial charge in [-0.15, -0.1) is 0 Å². The Morgan fingerprint density at radius 3 is 3.00 bits per heavy atom. The van der Waals surface area contributed by atoms with Gasteiger partial charge in [-0.1, -0.05) is 33.6 Å². The molecule has 1 saturated heterocycles. The van der Waals surface area contributed by atoms with Crippen molar-refractivity contribution >= 4 is 15.9 Å². The van der Waals surface area contributed by atoms with Gasteiger partial charge in [-0.2, -0.15) is 0 Å². The van der Waals surface area contributed by atoms with Gasteiger partial charge in [0, 0.05) is 17.0 Å². The third-order valence-electron chi connectivity index (χ3n) is 3.30. The van der Waals surface area contributed by atoms with E-state index in [2.05, 4.69) is 41.1 Å². The SMILES string of the molecule is CCOc1ccc(C)cc1C(Br)CC1CCCO1. The lowest BCUT2D eigenvalue weighted by Crippen LogP contribution is -2.09. The summed E-state index contributed by atoms with van der Waals surface area (Å²) in [7, 11) is 0. The average molecular weight is 313 g/mol. The van der Waals surface area contributed by atoms with Crippen LogP contribution in [0.1, 0.15) is 42.1 Å². The molecule has 0 aromatic heterocycles. The van der Waals surface area contributed by atoms with Crippen molar-refractivity contribution in [3.63, 3.8) is 0 Å². The van der Waals surface area contributed by atoms with Crippen LogP contribution in [0.25, 0.3) is 0 Å². The molecule has 0 spiro atoms. The van der Waals surface area contributed by atoms with Crippen LogP contribution < -0.4 is 4.74 Å². The minimum Gasteiger partial charge on any atom is -0.494 e. The molecule has 2 rings (SSSR count). The van der Waals surface area contributed by atoms with Gasteiger partial charge in [-0.3, -0.25) is 0 Å². The van der Waals surface area contributed by atoms with E-state index in [0.29, 0.717) is 17.5 Å². The first kappa shape index (κ1) is 13.9. The van der Waals surface area contributed by atoms with E-state index in [1.165, 1.54) is 24.0 Å². The van der Waals surface area contributed by atoms with E-state index in [1.807, 2.05) is 6.92 Å². The Kier molecular flexibility index (Phi) is 5.07. The number of benzene rings is 1. The zero-order valence-electron chi connectivity index (χ0n) is 11.1. The number of halogens is 1. The summed E-state index contributed by atoms with van der Waals surface area (Å²) in [5.74, 6) is 0.989. The molecular weight excluding hydrogens is 292 g/mol. The highest BCUT2D eigenvalue weighted by Gasteiger charge is 2.22. The first-order chi connectivity index (χ1) is 8.70. The minimum absolute atomic E-state index is 0.307.